The highest BCUT2D eigenvalue weighted by Crippen LogP contribution is 1.92. The molecule has 12 heavy (non-hydrogen) atoms. The minimum Gasteiger partial charge on any atom is -0.357 e. The van der Waals surface area contributed by atoms with E-state index >= 15 is 0 Å². The lowest BCUT2D eigenvalue weighted by atomic mass is 10.2. The highest BCUT2D eigenvalue weighted by atomic mass is 16.1. The van der Waals surface area contributed by atoms with Gasteiger partial charge in [-0.1, -0.05) is 13.3 Å². The van der Waals surface area contributed by atoms with Crippen LogP contribution in [0.15, 0.2) is 0 Å². The normalized spacial score (nSPS) is 9.08. The van der Waals surface area contributed by atoms with Crippen LogP contribution in [-0.2, 0) is 9.59 Å². The molecule has 0 unspecified atom stereocenters. The van der Waals surface area contributed by atoms with E-state index in [9.17, 15) is 9.59 Å². The van der Waals surface area contributed by atoms with Crippen molar-refractivity contribution in [2.24, 2.45) is 0 Å². The number of amides is 2. The molecule has 4 nitrogen and oxygen atoms in total. The molecular formula is C8H16N2O2. The van der Waals surface area contributed by atoms with Crippen molar-refractivity contribution in [1.82, 2.24) is 10.6 Å². The molecular weight excluding hydrogens is 156 g/mol. The zero-order valence-electron chi connectivity index (χ0n) is 7.43. The van der Waals surface area contributed by atoms with Crippen LogP contribution in [0.5, 0.6) is 0 Å². The number of unbranched alkanes of at least 4 members (excludes halogenated alkanes) is 1. The van der Waals surface area contributed by atoms with Crippen LogP contribution in [0.25, 0.3) is 0 Å². The van der Waals surface area contributed by atoms with Crippen molar-refractivity contribution in [3.63, 3.8) is 0 Å². The van der Waals surface area contributed by atoms with Gasteiger partial charge in [0.1, 0.15) is 0 Å². The van der Waals surface area contributed by atoms with E-state index in [-0.39, 0.29) is 5.91 Å². The first-order chi connectivity index (χ1) is 5.81. The number of carbonyl (C=O) groups excluding carboxylic acids is 2. The van der Waals surface area contributed by atoms with Gasteiger partial charge in [-0.25, -0.2) is 0 Å². The quantitative estimate of drug-likeness (QED) is 0.421. The first kappa shape index (κ1) is 10.9. The van der Waals surface area contributed by atoms with E-state index in [0.29, 0.717) is 25.9 Å². The Morgan fingerprint density at radius 2 is 2.17 bits per heavy atom. The van der Waals surface area contributed by atoms with Crippen LogP contribution < -0.4 is 10.6 Å². The van der Waals surface area contributed by atoms with Crippen molar-refractivity contribution in [3.05, 3.63) is 0 Å². The molecule has 0 aliphatic carbocycles. The Labute approximate surface area is 72.7 Å². The minimum atomic E-state index is 0.0598. The molecule has 0 aliphatic rings. The van der Waals surface area contributed by atoms with Gasteiger partial charge in [-0.3, -0.25) is 9.59 Å². The third-order valence-corrected chi connectivity index (χ3v) is 1.43. The number of carbonyl (C=O) groups is 2. The molecule has 0 heterocycles. The minimum absolute atomic E-state index is 0.0598. The fourth-order valence-electron chi connectivity index (χ4n) is 0.759. The highest BCUT2D eigenvalue weighted by Gasteiger charge is 1.97. The predicted octanol–water partition coefficient (Wildman–Crippen LogP) is 0.0388. The molecule has 0 atom stereocenters. The van der Waals surface area contributed by atoms with Gasteiger partial charge in [-0.05, 0) is 6.42 Å². The average molecular weight is 172 g/mol. The van der Waals surface area contributed by atoms with Gasteiger partial charge in [0.05, 0.1) is 0 Å². The molecule has 0 radical (unpaired) electrons. The number of hydrogen-bond donors (Lipinski definition) is 2. The number of hydrogen-bond acceptors (Lipinski definition) is 2. The Morgan fingerprint density at radius 1 is 1.42 bits per heavy atom. The molecule has 70 valence electrons. The topological polar surface area (TPSA) is 58.2 Å². The summed E-state index contributed by atoms with van der Waals surface area (Å²) in [7, 11) is 0. The predicted molar refractivity (Wildman–Crippen MR) is 46.6 cm³/mol. The van der Waals surface area contributed by atoms with Crippen LogP contribution in [-0.4, -0.2) is 25.4 Å². The SMILES string of the molecule is CCCCC(=O)NCCNC=O. The molecule has 0 aromatic rings. The molecule has 2 amide bonds. The second-order valence-corrected chi connectivity index (χ2v) is 2.53. The van der Waals surface area contributed by atoms with E-state index in [1.54, 1.807) is 0 Å². The summed E-state index contributed by atoms with van der Waals surface area (Å²) in [4.78, 5) is 20.7. The first-order valence-corrected chi connectivity index (χ1v) is 4.25. The largest absolute Gasteiger partial charge is 0.357 e. The maximum atomic E-state index is 10.9. The molecule has 0 aromatic carbocycles. The van der Waals surface area contributed by atoms with Crippen molar-refractivity contribution in [2.45, 2.75) is 26.2 Å². The molecule has 0 aliphatic heterocycles. The van der Waals surface area contributed by atoms with E-state index in [2.05, 4.69) is 10.6 Å². The van der Waals surface area contributed by atoms with Crippen LogP contribution in [0, 0.1) is 0 Å². The zero-order valence-corrected chi connectivity index (χ0v) is 7.43. The van der Waals surface area contributed by atoms with Crippen LogP contribution in [0.4, 0.5) is 0 Å². The molecule has 2 N–H and O–H groups in total. The second-order valence-electron chi connectivity index (χ2n) is 2.53. The first-order valence-electron chi connectivity index (χ1n) is 4.25. The van der Waals surface area contributed by atoms with Crippen molar-refractivity contribution >= 4 is 12.3 Å². The Kier molecular flexibility index (Phi) is 7.33. The lowest BCUT2D eigenvalue weighted by Gasteiger charge is -2.02. The summed E-state index contributed by atoms with van der Waals surface area (Å²) in [6.07, 6.45) is 3.16. The van der Waals surface area contributed by atoms with Crippen molar-refractivity contribution in [3.8, 4) is 0 Å². The van der Waals surface area contributed by atoms with E-state index in [1.165, 1.54) is 0 Å². The van der Waals surface area contributed by atoms with Gasteiger partial charge >= 0.3 is 0 Å². The lowest BCUT2D eigenvalue weighted by Crippen LogP contribution is -2.31. The Balaban J connectivity index is 3.13. The van der Waals surface area contributed by atoms with Crippen LogP contribution >= 0.6 is 0 Å². The third kappa shape index (κ3) is 7.05. The molecule has 0 aromatic heterocycles. The standard InChI is InChI=1S/C8H16N2O2/c1-2-3-4-8(12)10-6-5-9-7-11/h7H,2-6H2,1H3,(H,9,11)(H,10,12). The zero-order chi connectivity index (χ0) is 9.23. The second kappa shape index (κ2) is 8.04. The molecule has 4 heteroatoms. The average Bonchev–Trinajstić information content (AvgIpc) is 2.09. The maximum Gasteiger partial charge on any atom is 0.220 e. The molecule has 0 saturated carbocycles. The maximum absolute atomic E-state index is 10.9. The molecule has 0 bridgehead atoms. The molecule has 0 fully saturated rings. The summed E-state index contributed by atoms with van der Waals surface area (Å²) in [5, 5.41) is 5.16. The van der Waals surface area contributed by atoms with Crippen molar-refractivity contribution in [2.75, 3.05) is 13.1 Å². The van der Waals surface area contributed by atoms with Gasteiger partial charge in [0.15, 0.2) is 0 Å². The Bertz CT molecular complexity index is 137. The van der Waals surface area contributed by atoms with E-state index in [4.69, 9.17) is 0 Å². The molecule has 0 saturated heterocycles. The van der Waals surface area contributed by atoms with Gasteiger partial charge < -0.3 is 10.6 Å². The smallest absolute Gasteiger partial charge is 0.220 e. The van der Waals surface area contributed by atoms with Crippen LogP contribution in [0.3, 0.4) is 0 Å². The van der Waals surface area contributed by atoms with Gasteiger partial charge in [0.25, 0.3) is 0 Å². The number of rotatable bonds is 7. The van der Waals surface area contributed by atoms with Crippen LogP contribution in [0.1, 0.15) is 26.2 Å². The summed E-state index contributed by atoms with van der Waals surface area (Å²) in [6, 6.07) is 0. The summed E-state index contributed by atoms with van der Waals surface area (Å²) in [5.41, 5.74) is 0. The van der Waals surface area contributed by atoms with E-state index in [1.807, 2.05) is 6.92 Å². The van der Waals surface area contributed by atoms with Crippen molar-refractivity contribution in [1.29, 1.82) is 0 Å². The van der Waals surface area contributed by atoms with Gasteiger partial charge in [0, 0.05) is 19.5 Å². The fraction of sp³-hybridized carbons (Fsp3) is 0.750. The summed E-state index contributed by atoms with van der Waals surface area (Å²) in [6.45, 7) is 3.06. The van der Waals surface area contributed by atoms with Gasteiger partial charge in [-0.2, -0.15) is 0 Å². The summed E-state index contributed by atoms with van der Waals surface area (Å²) in [5.74, 6) is 0.0598. The summed E-state index contributed by atoms with van der Waals surface area (Å²) < 4.78 is 0. The number of nitrogens with one attached hydrogen (secondary N) is 2. The van der Waals surface area contributed by atoms with Gasteiger partial charge in [-0.15, -0.1) is 0 Å². The van der Waals surface area contributed by atoms with E-state index in [0.717, 1.165) is 12.8 Å². The van der Waals surface area contributed by atoms with E-state index < -0.39 is 0 Å². The Morgan fingerprint density at radius 3 is 2.75 bits per heavy atom. The third-order valence-electron chi connectivity index (χ3n) is 1.43. The lowest BCUT2D eigenvalue weighted by molar-refractivity contribution is -0.121. The van der Waals surface area contributed by atoms with Gasteiger partial charge in [0.2, 0.25) is 12.3 Å². The Hall–Kier alpha value is -1.06. The molecule has 0 rings (SSSR count). The summed E-state index contributed by atoms with van der Waals surface area (Å²) >= 11 is 0. The van der Waals surface area contributed by atoms with Crippen molar-refractivity contribution < 1.29 is 9.59 Å². The highest BCUT2D eigenvalue weighted by molar-refractivity contribution is 5.75. The van der Waals surface area contributed by atoms with Crippen LogP contribution in [0.2, 0.25) is 0 Å². The monoisotopic (exact) mass is 172 g/mol. The fourth-order valence-corrected chi connectivity index (χ4v) is 0.759. The molecule has 0 spiro atoms.